The molecule has 0 saturated heterocycles. The number of nitrogens with zero attached hydrogens (tertiary/aromatic N) is 2. The summed E-state index contributed by atoms with van der Waals surface area (Å²) in [6.45, 7) is 8.17. The maximum atomic E-state index is 12.5. The molecule has 1 amide bonds. The van der Waals surface area contributed by atoms with Gasteiger partial charge < -0.3 is 10.1 Å². The number of hydrogen-bond acceptors (Lipinski definition) is 3. The number of aromatic nitrogens is 2. The quantitative estimate of drug-likeness (QED) is 0.774. The van der Waals surface area contributed by atoms with Gasteiger partial charge in [0.05, 0.1) is 17.0 Å². The number of aryl methyl sites for hydroxylation is 1. The third-order valence-electron chi connectivity index (χ3n) is 4.20. The second-order valence-electron chi connectivity index (χ2n) is 6.56. The monoisotopic (exact) mass is 331 g/mol. The third kappa shape index (κ3) is 4.28. The van der Waals surface area contributed by atoms with Crippen LogP contribution in [0.3, 0.4) is 0 Å². The number of hydrogen-bond donors (Lipinski definition) is 1. The summed E-state index contributed by atoms with van der Waals surface area (Å²) in [5, 5.41) is 8.40. The SMILES string of the molecule is CCCC[C@@H](CC)C(=O)Nc1ccc2c(c1)c(OC(C)C)nn2C. The van der Waals surface area contributed by atoms with E-state index >= 15 is 0 Å². The topological polar surface area (TPSA) is 56.1 Å². The van der Waals surface area contributed by atoms with E-state index in [1.54, 1.807) is 4.68 Å². The molecule has 0 spiro atoms. The van der Waals surface area contributed by atoms with E-state index in [1.807, 2.05) is 39.1 Å². The summed E-state index contributed by atoms with van der Waals surface area (Å²) in [5.41, 5.74) is 1.78. The van der Waals surface area contributed by atoms with Crippen molar-refractivity contribution in [3.05, 3.63) is 18.2 Å². The molecule has 0 aliphatic rings. The van der Waals surface area contributed by atoms with E-state index in [4.69, 9.17) is 4.74 Å². The molecule has 1 atom stereocenters. The highest BCUT2D eigenvalue weighted by Gasteiger charge is 2.17. The van der Waals surface area contributed by atoms with Crippen LogP contribution < -0.4 is 10.1 Å². The molecule has 1 aromatic carbocycles. The number of fused-ring (bicyclic) bond motifs is 1. The Labute approximate surface area is 144 Å². The van der Waals surface area contributed by atoms with Gasteiger partial charge in [0, 0.05) is 18.7 Å². The Morgan fingerprint density at radius 1 is 1.33 bits per heavy atom. The number of carbonyl (C=O) groups is 1. The molecule has 0 aliphatic heterocycles. The predicted molar refractivity (Wildman–Crippen MR) is 98.4 cm³/mol. The molecule has 132 valence electrons. The van der Waals surface area contributed by atoms with E-state index in [0.29, 0.717) is 5.88 Å². The first-order chi connectivity index (χ1) is 11.5. The Balaban J connectivity index is 2.21. The molecule has 0 radical (unpaired) electrons. The van der Waals surface area contributed by atoms with Crippen molar-refractivity contribution >= 4 is 22.5 Å². The highest BCUT2D eigenvalue weighted by Crippen LogP contribution is 2.28. The normalized spacial score (nSPS) is 12.6. The summed E-state index contributed by atoms with van der Waals surface area (Å²) in [5.74, 6) is 0.776. The van der Waals surface area contributed by atoms with Gasteiger partial charge in [-0.15, -0.1) is 5.10 Å². The van der Waals surface area contributed by atoms with Crippen LogP contribution in [0.15, 0.2) is 18.2 Å². The molecule has 2 rings (SSSR count). The molecule has 24 heavy (non-hydrogen) atoms. The molecule has 0 saturated carbocycles. The number of rotatable bonds is 8. The third-order valence-corrected chi connectivity index (χ3v) is 4.20. The van der Waals surface area contributed by atoms with Crippen molar-refractivity contribution < 1.29 is 9.53 Å². The van der Waals surface area contributed by atoms with Crippen molar-refractivity contribution in [2.24, 2.45) is 13.0 Å². The molecular weight excluding hydrogens is 302 g/mol. The summed E-state index contributed by atoms with van der Waals surface area (Å²) < 4.78 is 7.59. The molecule has 5 heteroatoms. The molecule has 0 aliphatic carbocycles. The average molecular weight is 331 g/mol. The van der Waals surface area contributed by atoms with E-state index in [0.717, 1.165) is 42.3 Å². The summed E-state index contributed by atoms with van der Waals surface area (Å²) >= 11 is 0. The first-order valence-electron chi connectivity index (χ1n) is 8.90. The van der Waals surface area contributed by atoms with Crippen LogP contribution in [0.5, 0.6) is 5.88 Å². The Morgan fingerprint density at radius 2 is 2.08 bits per heavy atom. The lowest BCUT2D eigenvalue weighted by Crippen LogP contribution is -2.22. The van der Waals surface area contributed by atoms with Gasteiger partial charge in [0.15, 0.2) is 0 Å². The number of anilines is 1. The Morgan fingerprint density at radius 3 is 2.71 bits per heavy atom. The lowest BCUT2D eigenvalue weighted by atomic mass is 9.98. The minimum absolute atomic E-state index is 0.0554. The number of benzene rings is 1. The van der Waals surface area contributed by atoms with E-state index in [9.17, 15) is 4.79 Å². The van der Waals surface area contributed by atoms with Crippen LogP contribution in [-0.4, -0.2) is 21.8 Å². The summed E-state index contributed by atoms with van der Waals surface area (Å²) in [7, 11) is 1.89. The maximum Gasteiger partial charge on any atom is 0.241 e. The minimum atomic E-state index is 0.0554. The molecule has 5 nitrogen and oxygen atoms in total. The largest absolute Gasteiger partial charge is 0.473 e. The Bertz CT molecular complexity index is 691. The van der Waals surface area contributed by atoms with E-state index in [-0.39, 0.29) is 17.9 Å². The van der Waals surface area contributed by atoms with E-state index in [2.05, 4.69) is 24.3 Å². The maximum absolute atomic E-state index is 12.5. The van der Waals surface area contributed by atoms with Crippen LogP contribution in [0, 0.1) is 5.92 Å². The van der Waals surface area contributed by atoms with E-state index < -0.39 is 0 Å². The zero-order valence-electron chi connectivity index (χ0n) is 15.4. The van der Waals surface area contributed by atoms with Crippen LogP contribution in [-0.2, 0) is 11.8 Å². The van der Waals surface area contributed by atoms with Gasteiger partial charge in [0.2, 0.25) is 11.8 Å². The van der Waals surface area contributed by atoms with Gasteiger partial charge in [-0.1, -0.05) is 26.7 Å². The lowest BCUT2D eigenvalue weighted by molar-refractivity contribution is -0.120. The average Bonchev–Trinajstić information content (AvgIpc) is 2.83. The molecule has 1 heterocycles. The zero-order valence-corrected chi connectivity index (χ0v) is 15.4. The fourth-order valence-electron chi connectivity index (χ4n) is 2.84. The molecule has 2 aromatic rings. The van der Waals surface area contributed by atoms with Gasteiger partial charge >= 0.3 is 0 Å². The second-order valence-corrected chi connectivity index (χ2v) is 6.56. The number of unbranched alkanes of at least 4 members (excludes halogenated alkanes) is 1. The minimum Gasteiger partial charge on any atom is -0.473 e. The zero-order chi connectivity index (χ0) is 17.7. The Hall–Kier alpha value is -2.04. The number of amides is 1. The van der Waals surface area contributed by atoms with Crippen LogP contribution in [0.1, 0.15) is 53.4 Å². The van der Waals surface area contributed by atoms with Gasteiger partial charge in [-0.25, -0.2) is 0 Å². The van der Waals surface area contributed by atoms with Crippen molar-refractivity contribution in [1.82, 2.24) is 9.78 Å². The predicted octanol–water partition coefficient (Wildman–Crippen LogP) is 4.52. The van der Waals surface area contributed by atoms with Crippen molar-refractivity contribution in [2.75, 3.05) is 5.32 Å². The first kappa shape index (κ1) is 18.3. The fraction of sp³-hybridized carbons (Fsp3) is 0.579. The molecular formula is C19H29N3O2. The number of carbonyl (C=O) groups excluding carboxylic acids is 1. The Kier molecular flexibility index (Phi) is 6.23. The summed E-state index contributed by atoms with van der Waals surface area (Å²) in [4.78, 5) is 12.5. The molecule has 1 aromatic heterocycles. The van der Waals surface area contributed by atoms with Crippen molar-refractivity contribution in [1.29, 1.82) is 0 Å². The highest BCUT2D eigenvalue weighted by molar-refractivity contribution is 5.96. The summed E-state index contributed by atoms with van der Waals surface area (Å²) in [6.07, 6.45) is 4.06. The van der Waals surface area contributed by atoms with Crippen molar-refractivity contribution in [3.8, 4) is 5.88 Å². The first-order valence-corrected chi connectivity index (χ1v) is 8.90. The van der Waals surface area contributed by atoms with Gasteiger partial charge in [-0.2, -0.15) is 0 Å². The molecule has 0 bridgehead atoms. The lowest BCUT2D eigenvalue weighted by Gasteiger charge is -2.14. The van der Waals surface area contributed by atoms with Crippen LogP contribution in [0.25, 0.3) is 10.9 Å². The van der Waals surface area contributed by atoms with Crippen LogP contribution in [0.4, 0.5) is 5.69 Å². The van der Waals surface area contributed by atoms with Gasteiger partial charge in [0.1, 0.15) is 0 Å². The van der Waals surface area contributed by atoms with Crippen molar-refractivity contribution in [3.63, 3.8) is 0 Å². The van der Waals surface area contributed by atoms with Crippen LogP contribution in [0.2, 0.25) is 0 Å². The standard InChI is InChI=1S/C19H29N3O2/c1-6-8-9-14(7-2)18(23)20-15-10-11-17-16(12-15)19(21-22(17)5)24-13(3)4/h10-14H,6-9H2,1-5H3,(H,20,23)/t14-/m1/s1. The van der Waals surface area contributed by atoms with Gasteiger partial charge in [0.25, 0.3) is 0 Å². The fourth-order valence-corrected chi connectivity index (χ4v) is 2.84. The molecule has 1 N–H and O–H groups in total. The number of ether oxygens (including phenoxy) is 1. The van der Waals surface area contributed by atoms with Gasteiger partial charge in [-0.05, 0) is 44.9 Å². The van der Waals surface area contributed by atoms with E-state index in [1.165, 1.54) is 0 Å². The molecule has 0 unspecified atom stereocenters. The summed E-state index contributed by atoms with van der Waals surface area (Å²) in [6, 6.07) is 5.84. The highest BCUT2D eigenvalue weighted by atomic mass is 16.5. The van der Waals surface area contributed by atoms with Crippen LogP contribution >= 0.6 is 0 Å². The second kappa shape index (κ2) is 8.18. The van der Waals surface area contributed by atoms with Crippen molar-refractivity contribution in [2.45, 2.75) is 59.5 Å². The smallest absolute Gasteiger partial charge is 0.241 e. The number of nitrogens with one attached hydrogen (secondary N) is 1. The van der Waals surface area contributed by atoms with Gasteiger partial charge in [-0.3, -0.25) is 9.48 Å². The molecule has 0 fully saturated rings.